The molecule has 0 aromatic carbocycles. The minimum Gasteiger partial charge on any atom is -0.444 e. The van der Waals surface area contributed by atoms with Gasteiger partial charge in [-0.1, -0.05) is 0 Å². The van der Waals surface area contributed by atoms with Gasteiger partial charge in [0.1, 0.15) is 0 Å². The van der Waals surface area contributed by atoms with Gasteiger partial charge in [0.15, 0.2) is 0 Å². The van der Waals surface area contributed by atoms with E-state index in [0.717, 1.165) is 16.0 Å². The van der Waals surface area contributed by atoms with Crippen molar-refractivity contribution in [3.05, 3.63) is 30.3 Å². The molecular weight excluding hydrogens is 211 g/mol. The average Bonchev–Trinajstić information content (AvgIpc) is 1.70. The maximum atomic E-state index is 8.00. The topological polar surface area (TPSA) is 194 Å². The molecule has 0 aliphatic carbocycles. The van der Waals surface area contributed by atoms with E-state index in [2.05, 4.69) is 0 Å². The molecule has 0 aliphatic rings. The van der Waals surface area contributed by atoms with Crippen molar-refractivity contribution in [3.8, 4) is 0 Å². The maximum absolute atomic E-state index is 8.00. The third kappa shape index (κ3) is 217. The molecule has 0 aromatic heterocycles. The van der Waals surface area contributed by atoms with E-state index in [1.165, 1.54) is 0 Å². The van der Waals surface area contributed by atoms with Crippen molar-refractivity contribution in [2.75, 3.05) is 0 Å². The van der Waals surface area contributed by atoms with Crippen LogP contribution in [0.3, 0.4) is 0 Å². The Morgan fingerprint density at radius 3 is 0.727 bits per heavy atom. The second kappa shape index (κ2) is 183. The summed E-state index contributed by atoms with van der Waals surface area (Å²) in [4.78, 5) is 24.0. The zero-order valence-electron chi connectivity index (χ0n) is 5.12. The van der Waals surface area contributed by atoms with Crippen LogP contribution in [0.4, 0.5) is 0 Å². The standard InChI is InChI=1S/Co.3HNO2.H3N/c;3*2-1-3;/h;3*(H,2,3);1H3/q+2;;;;/p-2. The van der Waals surface area contributed by atoms with Crippen molar-refractivity contribution in [3.63, 3.8) is 0 Å². The van der Waals surface area contributed by atoms with E-state index in [1.807, 2.05) is 0 Å². The Hall–Kier alpha value is -1.33. The van der Waals surface area contributed by atoms with Gasteiger partial charge in [0.25, 0.3) is 0 Å². The average molecular weight is 215 g/mol. The van der Waals surface area contributed by atoms with Gasteiger partial charge in [-0.3, -0.25) is 0 Å². The van der Waals surface area contributed by atoms with Gasteiger partial charge in [0, 0.05) is 0 Å². The molecule has 11 heteroatoms. The van der Waals surface area contributed by atoms with Crippen LogP contribution in [0.25, 0.3) is 0 Å². The van der Waals surface area contributed by atoms with Crippen molar-refractivity contribution in [1.29, 1.82) is 0 Å². The van der Waals surface area contributed by atoms with Gasteiger partial charge in [0.05, 0.1) is 0 Å². The third-order valence-corrected chi connectivity index (χ3v) is 0. The van der Waals surface area contributed by atoms with Gasteiger partial charge in [-0.15, -0.1) is 16.0 Å². The van der Waals surface area contributed by atoms with Crippen LogP contribution in [0.5, 0.6) is 0 Å². The smallest absolute Gasteiger partial charge is 0.444 e. The molecule has 0 amide bonds. The summed E-state index contributed by atoms with van der Waals surface area (Å²) in [5.74, 6) is 0. The van der Waals surface area contributed by atoms with E-state index in [-0.39, 0.29) is 22.9 Å². The van der Waals surface area contributed by atoms with Gasteiger partial charge in [-0.25, -0.2) is 0 Å². The SMILES string of the molecule is O=N[O-].O=N[O-].O=N[O-].[Co+2].[NH4+]. The Kier molecular flexibility index (Phi) is 556. The zero-order valence-corrected chi connectivity index (χ0v) is 6.17. The predicted molar refractivity (Wildman–Crippen MR) is 33.5 cm³/mol. The summed E-state index contributed by atoms with van der Waals surface area (Å²) >= 11 is 0. The second-order valence-electron chi connectivity index (χ2n) is 0.224. The molecule has 0 fully saturated rings. The fourth-order valence-corrected chi connectivity index (χ4v) is 0. The summed E-state index contributed by atoms with van der Waals surface area (Å²) in [6.45, 7) is 0. The molecule has 0 rings (SSSR count). The van der Waals surface area contributed by atoms with Crippen molar-refractivity contribution in [2.45, 2.75) is 0 Å². The number of nitrogens with zero attached hydrogens (tertiary/aromatic N) is 3. The van der Waals surface area contributed by atoms with E-state index in [0.29, 0.717) is 0 Å². The normalized spacial score (nSPS) is 3.27. The van der Waals surface area contributed by atoms with Crippen LogP contribution in [0.1, 0.15) is 0 Å². The number of hydrogen-bond donors (Lipinski definition) is 1. The molecule has 10 nitrogen and oxygen atoms in total. The number of rotatable bonds is 0. The molecule has 0 saturated heterocycles. The minimum atomic E-state index is 0. The molecule has 4 N–H and O–H groups in total. The zero-order chi connectivity index (χ0) is 8.12. The molecular formula is H4CoN4O6. The Balaban J connectivity index is -0.0000000150. The Morgan fingerprint density at radius 1 is 0.727 bits per heavy atom. The van der Waals surface area contributed by atoms with Crippen LogP contribution < -0.4 is 6.15 Å². The molecule has 0 aromatic rings. The minimum absolute atomic E-state index is 0. The molecule has 0 bridgehead atoms. The summed E-state index contributed by atoms with van der Waals surface area (Å²) in [5.41, 5.74) is 0. The van der Waals surface area contributed by atoms with E-state index in [1.54, 1.807) is 0 Å². The Morgan fingerprint density at radius 2 is 0.727 bits per heavy atom. The molecule has 11 heavy (non-hydrogen) atoms. The molecule has 69 valence electrons. The summed E-state index contributed by atoms with van der Waals surface area (Å²) in [6.07, 6.45) is 0. The second-order valence-corrected chi connectivity index (χ2v) is 0.224. The number of hydrogen-bond acceptors (Lipinski definition) is 9. The molecule has 0 heterocycles. The van der Waals surface area contributed by atoms with Gasteiger partial charge in [0.2, 0.25) is 0 Å². The van der Waals surface area contributed by atoms with Crippen molar-refractivity contribution in [1.82, 2.24) is 6.15 Å². The molecule has 0 saturated carbocycles. The van der Waals surface area contributed by atoms with Crippen LogP contribution in [-0.2, 0) is 16.8 Å². The van der Waals surface area contributed by atoms with Crippen molar-refractivity contribution in [2.24, 2.45) is 16.0 Å². The van der Waals surface area contributed by atoms with Crippen molar-refractivity contribution < 1.29 is 16.8 Å². The quantitative estimate of drug-likeness (QED) is 0.463. The van der Waals surface area contributed by atoms with Gasteiger partial charge >= 0.3 is 16.8 Å². The fraction of sp³-hybridized carbons (Fsp3) is 0. The largest absolute Gasteiger partial charge is 2.00 e. The van der Waals surface area contributed by atoms with Crippen LogP contribution in [-0.4, -0.2) is 0 Å². The van der Waals surface area contributed by atoms with E-state index in [4.69, 9.17) is 30.3 Å². The van der Waals surface area contributed by atoms with Gasteiger partial charge in [-0.05, 0) is 0 Å². The van der Waals surface area contributed by atoms with Crippen molar-refractivity contribution >= 4 is 0 Å². The van der Waals surface area contributed by atoms with E-state index < -0.39 is 0 Å². The first-order chi connectivity index (χ1) is 4.24. The summed E-state index contributed by atoms with van der Waals surface area (Å²) in [7, 11) is 0. The Bertz CT molecular complexity index is 51.3. The maximum Gasteiger partial charge on any atom is 2.00 e. The van der Waals surface area contributed by atoms with Gasteiger partial charge in [-0.2, -0.15) is 0 Å². The van der Waals surface area contributed by atoms with Crippen LogP contribution in [0.2, 0.25) is 0 Å². The number of quaternary nitrogens is 1. The third-order valence-electron chi connectivity index (χ3n) is 0. The fourth-order valence-electron chi connectivity index (χ4n) is 0. The van der Waals surface area contributed by atoms with Crippen LogP contribution >= 0.6 is 0 Å². The predicted octanol–water partition coefficient (Wildman–Crippen LogP) is 1.13. The molecule has 0 unspecified atom stereocenters. The monoisotopic (exact) mass is 215 g/mol. The molecule has 1 radical (unpaired) electrons. The first-order valence-electron chi connectivity index (χ1n) is 1.10. The molecule has 0 spiro atoms. The van der Waals surface area contributed by atoms with Crippen LogP contribution in [0, 0.1) is 30.3 Å². The Labute approximate surface area is 70.2 Å². The molecule has 0 atom stereocenters. The van der Waals surface area contributed by atoms with Crippen LogP contribution in [0.15, 0.2) is 16.0 Å². The first-order valence-corrected chi connectivity index (χ1v) is 1.10. The summed E-state index contributed by atoms with van der Waals surface area (Å²) in [6, 6.07) is 0. The summed E-state index contributed by atoms with van der Waals surface area (Å²) in [5, 5.41) is 27.0. The van der Waals surface area contributed by atoms with E-state index in [9.17, 15) is 0 Å². The van der Waals surface area contributed by atoms with Gasteiger partial charge < -0.3 is 36.5 Å². The first kappa shape index (κ1) is 33.3. The van der Waals surface area contributed by atoms with E-state index >= 15 is 0 Å². The molecule has 0 aliphatic heterocycles. The summed E-state index contributed by atoms with van der Waals surface area (Å²) < 4.78 is 0.